The Morgan fingerprint density at radius 1 is 1.13 bits per heavy atom. The minimum atomic E-state index is -1.23. The number of ether oxygens (including phenoxy) is 1. The van der Waals surface area contributed by atoms with Gasteiger partial charge < -0.3 is 20.1 Å². The van der Waals surface area contributed by atoms with Crippen molar-refractivity contribution in [1.82, 2.24) is 29.8 Å². The van der Waals surface area contributed by atoms with Gasteiger partial charge in [0.15, 0.2) is 11.9 Å². The number of fused-ring (bicyclic) bond motifs is 2. The topological polar surface area (TPSA) is 152 Å². The lowest BCUT2D eigenvalue weighted by Gasteiger charge is -2.16. The molecular weight excluding hydrogens is 448 g/mol. The predicted octanol–water partition coefficient (Wildman–Crippen LogP) is 0.846. The van der Waals surface area contributed by atoms with Crippen LogP contribution in [0.1, 0.15) is 23.5 Å². The third-order valence-electron chi connectivity index (χ3n) is 5.17. The van der Waals surface area contributed by atoms with Gasteiger partial charge in [-0.1, -0.05) is 28.0 Å². The Hall–Kier alpha value is -2.35. The molecule has 1 aliphatic heterocycles. The van der Waals surface area contributed by atoms with E-state index in [-0.39, 0.29) is 5.92 Å². The highest BCUT2D eigenvalue weighted by molar-refractivity contribution is 7.99. The van der Waals surface area contributed by atoms with Crippen LogP contribution < -0.4 is 0 Å². The average molecular weight is 465 g/mol. The van der Waals surface area contributed by atoms with Crippen LogP contribution in [0.15, 0.2) is 39.5 Å². The van der Waals surface area contributed by atoms with E-state index in [2.05, 4.69) is 25.3 Å². The van der Waals surface area contributed by atoms with Gasteiger partial charge in [0, 0.05) is 16.7 Å². The fourth-order valence-corrected chi connectivity index (χ4v) is 4.80. The number of aliphatic hydroxyl groups excluding tert-OH is 3. The number of aromatic nitrogens is 6. The molecule has 1 fully saturated rings. The van der Waals surface area contributed by atoms with E-state index < -0.39 is 31.1 Å². The van der Waals surface area contributed by atoms with Gasteiger partial charge in [0.1, 0.15) is 46.6 Å². The van der Waals surface area contributed by atoms with Crippen molar-refractivity contribution in [3.8, 4) is 0 Å². The van der Waals surface area contributed by atoms with E-state index in [4.69, 9.17) is 21.0 Å². The number of aliphatic hydroxyl groups is 3. The Morgan fingerprint density at radius 2 is 2.00 bits per heavy atom. The maximum Gasteiger partial charge on any atom is 0.166 e. The SMILES string of the molecule is OCC1OC(n2cnc3c(SCC4C=C(Cl)C=Cc5nonc54)ncnc32)C(O)C1O. The van der Waals surface area contributed by atoms with Crippen molar-refractivity contribution in [2.45, 2.75) is 35.5 Å². The summed E-state index contributed by atoms with van der Waals surface area (Å²) in [6.45, 7) is -0.414. The zero-order valence-corrected chi connectivity index (χ0v) is 17.4. The third-order valence-corrected chi connectivity index (χ3v) is 6.52. The Labute approximate surface area is 184 Å². The molecule has 1 saturated heterocycles. The highest BCUT2D eigenvalue weighted by Crippen LogP contribution is 2.35. The van der Waals surface area contributed by atoms with E-state index in [1.165, 1.54) is 29.0 Å². The highest BCUT2D eigenvalue weighted by Gasteiger charge is 2.44. The van der Waals surface area contributed by atoms with Crippen LogP contribution >= 0.6 is 23.4 Å². The molecule has 3 aromatic rings. The van der Waals surface area contributed by atoms with E-state index in [1.807, 2.05) is 6.08 Å². The van der Waals surface area contributed by atoms with Crippen molar-refractivity contribution < 1.29 is 24.7 Å². The molecular formula is C18H17ClN6O5S. The summed E-state index contributed by atoms with van der Waals surface area (Å²) < 4.78 is 12.0. The molecule has 3 N–H and O–H groups in total. The Bertz CT molecular complexity index is 1170. The zero-order valence-electron chi connectivity index (χ0n) is 15.8. The van der Waals surface area contributed by atoms with Crippen LogP contribution in [0.5, 0.6) is 0 Å². The summed E-state index contributed by atoms with van der Waals surface area (Å²) in [5, 5.41) is 38.8. The molecule has 4 heterocycles. The number of nitrogens with zero attached hydrogens (tertiary/aromatic N) is 6. The smallest absolute Gasteiger partial charge is 0.166 e. The molecule has 0 amide bonds. The highest BCUT2D eigenvalue weighted by atomic mass is 35.5. The summed E-state index contributed by atoms with van der Waals surface area (Å²) in [5.74, 6) is 0.396. The first-order chi connectivity index (χ1) is 15.1. The fourth-order valence-electron chi connectivity index (χ4n) is 3.59. The first-order valence-electron chi connectivity index (χ1n) is 9.37. The van der Waals surface area contributed by atoms with Crippen molar-refractivity contribution in [2.75, 3.05) is 12.4 Å². The lowest BCUT2D eigenvalue weighted by atomic mass is 10.1. The lowest BCUT2D eigenvalue weighted by molar-refractivity contribution is -0.0511. The van der Waals surface area contributed by atoms with Crippen molar-refractivity contribution in [2.24, 2.45) is 0 Å². The van der Waals surface area contributed by atoms with Crippen LogP contribution in [0.3, 0.4) is 0 Å². The Morgan fingerprint density at radius 3 is 2.81 bits per heavy atom. The van der Waals surface area contributed by atoms with Crippen molar-refractivity contribution in [3.05, 3.63) is 41.2 Å². The number of imidazole rings is 1. The maximum atomic E-state index is 10.3. The second-order valence-electron chi connectivity index (χ2n) is 7.07. The zero-order chi connectivity index (χ0) is 21.5. The Balaban J connectivity index is 1.41. The van der Waals surface area contributed by atoms with E-state index in [9.17, 15) is 15.3 Å². The lowest BCUT2D eigenvalue weighted by Crippen LogP contribution is -2.33. The summed E-state index contributed by atoms with van der Waals surface area (Å²) in [4.78, 5) is 13.0. The monoisotopic (exact) mass is 464 g/mol. The molecule has 11 nitrogen and oxygen atoms in total. The minimum Gasteiger partial charge on any atom is -0.394 e. The van der Waals surface area contributed by atoms with Crippen LogP contribution in [0.25, 0.3) is 17.2 Å². The molecule has 5 atom stereocenters. The molecule has 0 bridgehead atoms. The molecule has 2 aliphatic rings. The van der Waals surface area contributed by atoms with Crippen LogP contribution in [0.4, 0.5) is 0 Å². The van der Waals surface area contributed by atoms with Crippen LogP contribution in [0.2, 0.25) is 0 Å². The molecule has 3 aromatic heterocycles. The molecule has 0 aromatic carbocycles. The molecule has 5 rings (SSSR count). The average Bonchev–Trinajstić information content (AvgIpc) is 3.46. The summed E-state index contributed by atoms with van der Waals surface area (Å²) in [6.07, 6.45) is 3.96. The summed E-state index contributed by atoms with van der Waals surface area (Å²) in [5.41, 5.74) is 2.26. The number of hydrogen-bond acceptors (Lipinski definition) is 11. The van der Waals surface area contributed by atoms with Crippen LogP contribution in [0, 0.1) is 0 Å². The molecule has 0 saturated carbocycles. The number of allylic oxidation sites excluding steroid dienone is 3. The molecule has 5 unspecified atom stereocenters. The number of hydrogen-bond donors (Lipinski definition) is 3. The van der Waals surface area contributed by atoms with Gasteiger partial charge in [0.05, 0.1) is 12.9 Å². The largest absolute Gasteiger partial charge is 0.394 e. The van der Waals surface area contributed by atoms with Gasteiger partial charge in [-0.2, -0.15) is 0 Å². The summed E-state index contributed by atoms with van der Waals surface area (Å²) in [6, 6.07) is 0. The quantitative estimate of drug-likeness (QED) is 0.363. The summed E-state index contributed by atoms with van der Waals surface area (Å²) >= 11 is 7.66. The number of rotatable bonds is 5. The van der Waals surface area contributed by atoms with Gasteiger partial charge in [0.25, 0.3) is 0 Å². The van der Waals surface area contributed by atoms with Gasteiger partial charge in [-0.15, -0.1) is 11.8 Å². The van der Waals surface area contributed by atoms with Gasteiger partial charge in [-0.25, -0.2) is 19.6 Å². The van der Waals surface area contributed by atoms with E-state index in [0.29, 0.717) is 38.4 Å². The fraction of sp³-hybridized carbons (Fsp3) is 0.389. The second-order valence-corrected chi connectivity index (χ2v) is 8.51. The number of thioether (sulfide) groups is 1. The van der Waals surface area contributed by atoms with E-state index >= 15 is 0 Å². The van der Waals surface area contributed by atoms with Gasteiger partial charge in [0.2, 0.25) is 0 Å². The van der Waals surface area contributed by atoms with Crippen molar-refractivity contribution >= 4 is 40.6 Å². The molecule has 1 aliphatic carbocycles. The van der Waals surface area contributed by atoms with Gasteiger partial charge in [-0.05, 0) is 12.2 Å². The van der Waals surface area contributed by atoms with Crippen LogP contribution in [-0.2, 0) is 4.74 Å². The number of halogens is 1. The summed E-state index contributed by atoms with van der Waals surface area (Å²) in [7, 11) is 0. The van der Waals surface area contributed by atoms with Gasteiger partial charge in [-0.3, -0.25) is 4.57 Å². The molecule has 0 spiro atoms. The first kappa shape index (κ1) is 20.5. The Kier molecular flexibility index (Phi) is 5.50. The van der Waals surface area contributed by atoms with E-state index in [1.54, 1.807) is 12.2 Å². The van der Waals surface area contributed by atoms with Crippen molar-refractivity contribution in [1.29, 1.82) is 0 Å². The molecule has 13 heteroatoms. The maximum absolute atomic E-state index is 10.3. The van der Waals surface area contributed by atoms with Gasteiger partial charge >= 0.3 is 0 Å². The molecule has 162 valence electrons. The van der Waals surface area contributed by atoms with E-state index in [0.717, 1.165) is 0 Å². The minimum absolute atomic E-state index is 0.152. The normalized spacial score (nSPS) is 28.0. The second kappa shape index (κ2) is 8.30. The van der Waals surface area contributed by atoms with Crippen LogP contribution in [-0.4, -0.2) is 75.8 Å². The molecule has 0 radical (unpaired) electrons. The third kappa shape index (κ3) is 3.64. The first-order valence-corrected chi connectivity index (χ1v) is 10.7. The predicted molar refractivity (Wildman–Crippen MR) is 109 cm³/mol. The standard InChI is InChI=1S/C18H17ClN6O5S/c19-9-1-2-10-12(24-30-23-10)8(3-9)5-31-17-13-16(20-6-21-17)25(7-22-13)18-15(28)14(27)11(4-26)29-18/h1-3,6-8,11,14-15,18,26-28H,4-5H2. The van der Waals surface area contributed by atoms with Crippen molar-refractivity contribution in [3.63, 3.8) is 0 Å². The molecule has 31 heavy (non-hydrogen) atoms.